The summed E-state index contributed by atoms with van der Waals surface area (Å²) in [5.41, 5.74) is 5.71. The molecule has 170 valence electrons. The summed E-state index contributed by atoms with van der Waals surface area (Å²) in [7, 11) is 0. The molecule has 2 N–H and O–H groups in total. The summed E-state index contributed by atoms with van der Waals surface area (Å²) in [6.45, 7) is 4.15. The quantitative estimate of drug-likeness (QED) is 0.572. The fraction of sp³-hybridized carbons (Fsp3) is 0.407. The molecule has 1 spiro atoms. The molecular weight excluding hydrogens is 432 g/mol. The van der Waals surface area contributed by atoms with Gasteiger partial charge < -0.3 is 15.3 Å². The van der Waals surface area contributed by atoms with E-state index in [0.717, 1.165) is 54.4 Å². The highest BCUT2D eigenvalue weighted by Gasteiger charge is 2.53. The van der Waals surface area contributed by atoms with E-state index in [0.29, 0.717) is 6.42 Å². The minimum Gasteiger partial charge on any atom is -0.387 e. The average molecular weight is 461 g/mol. The van der Waals surface area contributed by atoms with Crippen molar-refractivity contribution < 1.29 is 5.11 Å². The fourth-order valence-corrected chi connectivity index (χ4v) is 6.64. The number of aromatic nitrogens is 2. The van der Waals surface area contributed by atoms with Crippen molar-refractivity contribution in [2.24, 2.45) is 0 Å². The van der Waals surface area contributed by atoms with Crippen LogP contribution in [-0.4, -0.2) is 34.2 Å². The zero-order chi connectivity index (χ0) is 22.6. The Balaban J connectivity index is 1.58. The molecule has 0 bridgehead atoms. The molecular formula is C27H29ClN4O. The Labute approximate surface area is 199 Å². The van der Waals surface area contributed by atoms with Crippen molar-refractivity contribution >= 4 is 23.1 Å². The van der Waals surface area contributed by atoms with E-state index in [4.69, 9.17) is 16.6 Å². The third-order valence-corrected chi connectivity index (χ3v) is 8.21. The smallest absolute Gasteiger partial charge is 0.140 e. The molecule has 3 aliphatic rings. The predicted molar refractivity (Wildman–Crippen MR) is 131 cm³/mol. The molecule has 1 unspecified atom stereocenters. The highest BCUT2D eigenvalue weighted by molar-refractivity contribution is 6.30. The number of hydrogen-bond donors (Lipinski definition) is 2. The molecule has 0 radical (unpaired) electrons. The Morgan fingerprint density at radius 1 is 1.12 bits per heavy atom. The van der Waals surface area contributed by atoms with Crippen molar-refractivity contribution in [3.8, 4) is 0 Å². The summed E-state index contributed by atoms with van der Waals surface area (Å²) in [4.78, 5) is 11.8. The van der Waals surface area contributed by atoms with Gasteiger partial charge in [-0.1, -0.05) is 48.9 Å². The summed E-state index contributed by atoms with van der Waals surface area (Å²) in [5.74, 6) is 1.16. The van der Waals surface area contributed by atoms with Gasteiger partial charge in [0.15, 0.2) is 0 Å². The molecule has 0 amide bonds. The first-order chi connectivity index (χ1) is 16.1. The summed E-state index contributed by atoms with van der Waals surface area (Å²) in [6.07, 6.45) is 4.82. The molecule has 2 aliphatic heterocycles. The lowest BCUT2D eigenvalue weighted by atomic mass is 9.68. The zero-order valence-corrected chi connectivity index (χ0v) is 19.6. The minimum absolute atomic E-state index is 0.0143. The third kappa shape index (κ3) is 3.29. The van der Waals surface area contributed by atoms with E-state index in [1.165, 1.54) is 16.8 Å². The molecule has 3 aromatic rings. The maximum Gasteiger partial charge on any atom is 0.140 e. The second-order valence-electron chi connectivity index (χ2n) is 9.79. The van der Waals surface area contributed by atoms with Crippen LogP contribution in [0.25, 0.3) is 0 Å². The summed E-state index contributed by atoms with van der Waals surface area (Å²) < 4.78 is 0. The van der Waals surface area contributed by atoms with E-state index in [1.807, 2.05) is 6.07 Å². The van der Waals surface area contributed by atoms with Crippen LogP contribution in [0.15, 0.2) is 54.9 Å². The summed E-state index contributed by atoms with van der Waals surface area (Å²) >= 11 is 6.57. The number of nitrogens with one attached hydrogen (secondary N) is 1. The second kappa shape index (κ2) is 8.08. The summed E-state index contributed by atoms with van der Waals surface area (Å²) in [5, 5.41) is 15.0. The normalized spacial score (nSPS) is 25.3. The van der Waals surface area contributed by atoms with E-state index < -0.39 is 6.10 Å². The van der Waals surface area contributed by atoms with E-state index >= 15 is 0 Å². The van der Waals surface area contributed by atoms with Gasteiger partial charge in [-0.2, -0.15) is 0 Å². The number of aliphatic hydroxyl groups is 1. The molecule has 3 heterocycles. The van der Waals surface area contributed by atoms with Crippen molar-refractivity contribution in [2.45, 2.75) is 56.1 Å². The van der Waals surface area contributed by atoms with Gasteiger partial charge in [0.1, 0.15) is 12.1 Å². The molecule has 1 aromatic heterocycles. The standard InChI is InChI=1S/C27H29ClN4O/c1-17-13-22(33)25-24(17)26(31-16-30-25)32-21-8-7-19(28)15-20(21)27(9-11-29-12-10-27)23(32)14-18-5-3-2-4-6-18/h2-8,15-17,22-23,29,33H,9-14H2,1H3/t17-,22-,23?/m1/s1. The molecule has 3 atom stereocenters. The van der Waals surface area contributed by atoms with Crippen molar-refractivity contribution in [1.29, 1.82) is 0 Å². The van der Waals surface area contributed by atoms with E-state index in [1.54, 1.807) is 6.33 Å². The minimum atomic E-state index is -0.524. The second-order valence-corrected chi connectivity index (χ2v) is 10.2. The first-order valence-electron chi connectivity index (χ1n) is 12.0. The highest BCUT2D eigenvalue weighted by atomic mass is 35.5. The maximum atomic E-state index is 10.7. The molecule has 5 nitrogen and oxygen atoms in total. The third-order valence-electron chi connectivity index (χ3n) is 7.98. The van der Waals surface area contributed by atoms with Gasteiger partial charge in [0.05, 0.1) is 11.8 Å². The number of fused-ring (bicyclic) bond motifs is 3. The lowest BCUT2D eigenvalue weighted by Gasteiger charge is -2.42. The van der Waals surface area contributed by atoms with Crippen molar-refractivity contribution in [3.63, 3.8) is 0 Å². The van der Waals surface area contributed by atoms with Crippen LogP contribution in [0.4, 0.5) is 11.5 Å². The molecule has 33 heavy (non-hydrogen) atoms. The highest BCUT2D eigenvalue weighted by Crippen LogP contribution is 2.56. The van der Waals surface area contributed by atoms with Gasteiger partial charge in [0.2, 0.25) is 0 Å². The van der Waals surface area contributed by atoms with Crippen molar-refractivity contribution in [2.75, 3.05) is 18.0 Å². The largest absolute Gasteiger partial charge is 0.387 e. The van der Waals surface area contributed by atoms with Crippen LogP contribution in [-0.2, 0) is 11.8 Å². The van der Waals surface area contributed by atoms with Gasteiger partial charge in [-0.15, -0.1) is 0 Å². The molecule has 1 fully saturated rings. The molecule has 0 saturated carbocycles. The Morgan fingerprint density at radius 2 is 1.91 bits per heavy atom. The molecule has 6 rings (SSSR count). The lowest BCUT2D eigenvalue weighted by Crippen LogP contribution is -2.50. The topological polar surface area (TPSA) is 61.3 Å². The van der Waals surface area contributed by atoms with Gasteiger partial charge in [-0.3, -0.25) is 0 Å². The zero-order valence-electron chi connectivity index (χ0n) is 18.8. The number of hydrogen-bond acceptors (Lipinski definition) is 5. The number of anilines is 2. The van der Waals surface area contributed by atoms with Crippen LogP contribution in [0, 0.1) is 0 Å². The SMILES string of the molecule is C[C@@H]1C[C@@H](O)c2ncnc(N3c4ccc(Cl)cc4C4(CCNCC4)C3Cc3ccccc3)c21. The molecule has 1 saturated heterocycles. The first kappa shape index (κ1) is 21.1. The van der Waals surface area contributed by atoms with Crippen molar-refractivity contribution in [3.05, 3.63) is 82.3 Å². The van der Waals surface area contributed by atoms with Gasteiger partial charge in [0, 0.05) is 27.7 Å². The van der Waals surface area contributed by atoms with Crippen LogP contribution in [0.5, 0.6) is 0 Å². The lowest BCUT2D eigenvalue weighted by molar-refractivity contribution is 0.170. The Bertz CT molecular complexity index is 1180. The maximum absolute atomic E-state index is 10.7. The van der Waals surface area contributed by atoms with Crippen LogP contribution in [0.3, 0.4) is 0 Å². The predicted octanol–water partition coefficient (Wildman–Crippen LogP) is 5.05. The van der Waals surface area contributed by atoms with E-state index in [9.17, 15) is 5.11 Å². The van der Waals surface area contributed by atoms with Crippen LogP contribution in [0.1, 0.15) is 60.6 Å². The number of nitrogens with zero attached hydrogens (tertiary/aromatic N) is 3. The number of benzene rings is 2. The Hall–Kier alpha value is -2.47. The van der Waals surface area contributed by atoms with Crippen LogP contribution in [0.2, 0.25) is 5.02 Å². The van der Waals surface area contributed by atoms with Gasteiger partial charge >= 0.3 is 0 Å². The van der Waals surface area contributed by atoms with E-state index in [2.05, 4.69) is 64.6 Å². The molecule has 1 aliphatic carbocycles. The van der Waals surface area contributed by atoms with Gasteiger partial charge in [-0.05, 0) is 74.0 Å². The van der Waals surface area contributed by atoms with Crippen molar-refractivity contribution in [1.82, 2.24) is 15.3 Å². The number of aliphatic hydroxyl groups excluding tert-OH is 1. The number of piperidine rings is 1. The average Bonchev–Trinajstić information content (AvgIpc) is 3.26. The molecule has 6 heteroatoms. The number of rotatable bonds is 3. The Kier molecular flexibility index (Phi) is 5.17. The van der Waals surface area contributed by atoms with E-state index in [-0.39, 0.29) is 17.4 Å². The Morgan fingerprint density at radius 3 is 2.70 bits per heavy atom. The molecule has 2 aromatic carbocycles. The van der Waals surface area contributed by atoms with Gasteiger partial charge in [0.25, 0.3) is 0 Å². The van der Waals surface area contributed by atoms with Gasteiger partial charge in [-0.25, -0.2) is 9.97 Å². The monoisotopic (exact) mass is 460 g/mol. The van der Waals surface area contributed by atoms with Crippen LogP contribution < -0.4 is 10.2 Å². The summed E-state index contributed by atoms with van der Waals surface area (Å²) in [6, 6.07) is 17.3. The van der Waals surface area contributed by atoms with Crippen LogP contribution >= 0.6 is 11.6 Å². The first-order valence-corrected chi connectivity index (χ1v) is 12.3. The number of halogens is 1. The fourth-order valence-electron chi connectivity index (χ4n) is 6.47.